The van der Waals surface area contributed by atoms with Crippen LogP contribution in [-0.4, -0.2) is 11.6 Å². The van der Waals surface area contributed by atoms with Crippen LogP contribution in [0.25, 0.3) is 0 Å². The monoisotopic (exact) mass is 376 g/mol. The van der Waals surface area contributed by atoms with Crippen LogP contribution in [0.15, 0.2) is 17.2 Å². The molecule has 0 heterocycles. The summed E-state index contributed by atoms with van der Waals surface area (Å²) in [4.78, 5) is 0. The quantitative estimate of drug-likeness (QED) is 0.184. The molecule has 23 heavy (non-hydrogen) atoms. The Hall–Kier alpha value is -0.440. The van der Waals surface area contributed by atoms with Crippen molar-refractivity contribution in [2.24, 2.45) is 5.10 Å². The first-order valence-electron chi connectivity index (χ1n) is 8.41. The van der Waals surface area contributed by atoms with E-state index in [2.05, 4.69) is 17.5 Å². The molecule has 1 N–H and O–H groups in total. The molecule has 0 unspecified atom stereocenters. The van der Waals surface area contributed by atoms with Gasteiger partial charge >= 0.3 is 0 Å². The van der Waals surface area contributed by atoms with Gasteiger partial charge in [0.25, 0.3) is 0 Å². The van der Waals surface area contributed by atoms with Crippen LogP contribution < -0.4 is 5.43 Å². The van der Waals surface area contributed by atoms with Crippen LogP contribution in [0.1, 0.15) is 63.9 Å². The van der Waals surface area contributed by atoms with Gasteiger partial charge in [0.05, 0.1) is 22.3 Å². The number of unbranched alkanes of at least 4 members (excludes halogenated alkanes) is 6. The number of rotatable bonds is 11. The second kappa shape index (κ2) is 12.0. The number of hydrazone groups is 1. The average Bonchev–Trinajstić information content (AvgIpc) is 2.50. The molecule has 1 aromatic rings. The Morgan fingerprint density at radius 3 is 2.30 bits per heavy atom. The number of nitrogens with one attached hydrogen (secondary N) is 1. The molecule has 0 saturated carbocycles. The number of benzene rings is 1. The van der Waals surface area contributed by atoms with E-state index in [0.29, 0.717) is 15.9 Å². The van der Waals surface area contributed by atoms with Crippen molar-refractivity contribution < 1.29 is 0 Å². The van der Waals surface area contributed by atoms with Crippen LogP contribution in [-0.2, 0) is 0 Å². The lowest BCUT2D eigenvalue weighted by Crippen LogP contribution is -2.05. The molecular formula is C18H27Cl3N2. The largest absolute Gasteiger partial charge is 0.277 e. The third-order valence-corrected chi connectivity index (χ3v) is 4.63. The molecule has 0 radical (unpaired) electrons. The first kappa shape index (κ1) is 20.6. The van der Waals surface area contributed by atoms with E-state index in [-0.39, 0.29) is 0 Å². The second-order valence-electron chi connectivity index (χ2n) is 5.87. The Morgan fingerprint density at radius 2 is 1.70 bits per heavy atom. The molecule has 5 heteroatoms. The predicted octanol–water partition coefficient (Wildman–Crippen LogP) is 7.45. The van der Waals surface area contributed by atoms with E-state index in [1.54, 1.807) is 6.07 Å². The molecule has 1 aromatic carbocycles. The highest BCUT2D eigenvalue weighted by atomic mass is 35.5. The van der Waals surface area contributed by atoms with Crippen molar-refractivity contribution in [3.8, 4) is 0 Å². The summed E-state index contributed by atoms with van der Waals surface area (Å²) in [7, 11) is 0. The fourth-order valence-electron chi connectivity index (χ4n) is 2.42. The highest BCUT2D eigenvalue weighted by Crippen LogP contribution is 2.29. The van der Waals surface area contributed by atoms with Gasteiger partial charge in [0, 0.05) is 5.02 Å². The van der Waals surface area contributed by atoms with Crippen LogP contribution in [0.3, 0.4) is 0 Å². The molecule has 2 nitrogen and oxygen atoms in total. The molecule has 0 saturated heterocycles. The minimum Gasteiger partial charge on any atom is -0.277 e. The maximum absolute atomic E-state index is 6.20. The Morgan fingerprint density at radius 1 is 1.04 bits per heavy atom. The number of nitrogens with zero attached hydrogens (tertiary/aromatic N) is 1. The first-order valence-corrected chi connectivity index (χ1v) is 9.70. The summed E-state index contributed by atoms with van der Waals surface area (Å²) in [6.45, 7) is 4.19. The summed E-state index contributed by atoms with van der Waals surface area (Å²) in [6, 6.07) is 3.58. The van der Waals surface area contributed by atoms with Gasteiger partial charge in [-0.15, -0.1) is 11.6 Å². The van der Waals surface area contributed by atoms with Crippen molar-refractivity contribution in [1.29, 1.82) is 0 Å². The number of anilines is 1. The molecule has 130 valence electrons. The van der Waals surface area contributed by atoms with Gasteiger partial charge in [-0.25, -0.2) is 0 Å². The van der Waals surface area contributed by atoms with Gasteiger partial charge in [0.15, 0.2) is 0 Å². The van der Waals surface area contributed by atoms with Crippen LogP contribution in [0.2, 0.25) is 10.0 Å². The zero-order valence-electron chi connectivity index (χ0n) is 14.1. The average molecular weight is 378 g/mol. The lowest BCUT2D eigenvalue weighted by molar-refractivity contribution is 0.595. The standard InChI is InChI=1S/C18H27Cl3N2/c1-3-4-5-6-7-8-9-10-16(13-19)22-23-18-14(2)11-15(20)12-17(18)21/h11-12,23H,3-10,13H2,1-2H3. The Bertz CT molecular complexity index is 478. The molecule has 0 fully saturated rings. The van der Waals surface area contributed by atoms with Crippen molar-refractivity contribution in [2.45, 2.75) is 65.2 Å². The summed E-state index contributed by atoms with van der Waals surface area (Å²) in [6.07, 6.45) is 9.91. The van der Waals surface area contributed by atoms with Gasteiger partial charge in [0.2, 0.25) is 0 Å². The molecule has 0 aliphatic rings. The van der Waals surface area contributed by atoms with Crippen LogP contribution in [0.5, 0.6) is 0 Å². The maximum atomic E-state index is 6.20. The Kier molecular flexibility index (Phi) is 10.7. The molecule has 0 bridgehead atoms. The number of hydrogen-bond donors (Lipinski definition) is 1. The summed E-state index contributed by atoms with van der Waals surface area (Å²) in [5.41, 5.74) is 5.76. The zero-order valence-corrected chi connectivity index (χ0v) is 16.4. The number of halogens is 3. The Balaban J connectivity index is 2.41. The SMILES string of the molecule is CCCCCCCCCC(CCl)=NNc1c(C)cc(Cl)cc1Cl. The van der Waals surface area contributed by atoms with E-state index in [1.807, 2.05) is 13.0 Å². The molecule has 0 spiro atoms. The molecule has 0 atom stereocenters. The van der Waals surface area contributed by atoms with E-state index >= 15 is 0 Å². The summed E-state index contributed by atoms with van der Waals surface area (Å²) >= 11 is 18.2. The van der Waals surface area contributed by atoms with Crippen LogP contribution in [0.4, 0.5) is 5.69 Å². The van der Waals surface area contributed by atoms with Crippen molar-refractivity contribution in [3.63, 3.8) is 0 Å². The lowest BCUT2D eigenvalue weighted by Gasteiger charge is -2.10. The van der Waals surface area contributed by atoms with E-state index in [9.17, 15) is 0 Å². The molecule has 0 amide bonds. The van der Waals surface area contributed by atoms with Gasteiger partial charge < -0.3 is 0 Å². The molecule has 0 aliphatic heterocycles. The number of hydrogen-bond acceptors (Lipinski definition) is 2. The minimum absolute atomic E-state index is 0.438. The van der Waals surface area contributed by atoms with E-state index in [4.69, 9.17) is 34.8 Å². The van der Waals surface area contributed by atoms with Gasteiger partial charge in [0.1, 0.15) is 0 Å². The van der Waals surface area contributed by atoms with Gasteiger partial charge in [-0.1, -0.05) is 68.7 Å². The third-order valence-electron chi connectivity index (χ3n) is 3.80. The normalized spacial score (nSPS) is 11.8. The first-order chi connectivity index (χ1) is 11.1. The fourth-order valence-corrected chi connectivity index (χ4v) is 3.25. The smallest absolute Gasteiger partial charge is 0.0778 e. The maximum Gasteiger partial charge on any atom is 0.0778 e. The molecule has 0 aromatic heterocycles. The summed E-state index contributed by atoms with van der Waals surface area (Å²) < 4.78 is 0. The fraction of sp³-hybridized carbons (Fsp3) is 0.611. The highest BCUT2D eigenvalue weighted by Gasteiger charge is 2.06. The molecule has 1 rings (SSSR count). The van der Waals surface area contributed by atoms with E-state index in [0.717, 1.165) is 29.8 Å². The van der Waals surface area contributed by atoms with Crippen molar-refractivity contribution in [2.75, 3.05) is 11.3 Å². The molecule has 0 aliphatic carbocycles. The van der Waals surface area contributed by atoms with E-state index in [1.165, 1.54) is 38.5 Å². The third kappa shape index (κ3) is 8.28. The lowest BCUT2D eigenvalue weighted by atomic mass is 10.1. The van der Waals surface area contributed by atoms with E-state index < -0.39 is 0 Å². The second-order valence-corrected chi connectivity index (χ2v) is 6.99. The van der Waals surface area contributed by atoms with Gasteiger partial charge in [-0.3, -0.25) is 5.43 Å². The van der Waals surface area contributed by atoms with Crippen molar-refractivity contribution >= 4 is 46.2 Å². The summed E-state index contributed by atoms with van der Waals surface area (Å²) in [5.74, 6) is 0.438. The topological polar surface area (TPSA) is 24.4 Å². The van der Waals surface area contributed by atoms with Gasteiger partial charge in [-0.05, 0) is 37.5 Å². The number of alkyl halides is 1. The predicted molar refractivity (Wildman–Crippen MR) is 106 cm³/mol. The zero-order chi connectivity index (χ0) is 17.1. The van der Waals surface area contributed by atoms with Crippen LogP contribution >= 0.6 is 34.8 Å². The minimum atomic E-state index is 0.438. The summed E-state index contributed by atoms with van der Waals surface area (Å²) in [5, 5.41) is 5.62. The highest BCUT2D eigenvalue weighted by molar-refractivity contribution is 6.36. The van der Waals surface area contributed by atoms with Gasteiger partial charge in [-0.2, -0.15) is 5.10 Å². The Labute approximate surface area is 155 Å². The van der Waals surface area contributed by atoms with Crippen LogP contribution in [0, 0.1) is 6.92 Å². The number of aryl methyl sites for hydroxylation is 1. The van der Waals surface area contributed by atoms with Crippen molar-refractivity contribution in [3.05, 3.63) is 27.7 Å². The van der Waals surface area contributed by atoms with Crippen molar-refractivity contribution in [1.82, 2.24) is 0 Å². The molecular weight excluding hydrogens is 351 g/mol.